The normalized spacial score (nSPS) is 12.8. The average molecular weight is 454 g/mol. The predicted molar refractivity (Wildman–Crippen MR) is 110 cm³/mol. The third-order valence-electron chi connectivity index (χ3n) is 4.50. The molecule has 0 fully saturated rings. The third-order valence-corrected chi connectivity index (χ3v) is 7.09. The highest BCUT2D eigenvalue weighted by Gasteiger charge is 2.20. The van der Waals surface area contributed by atoms with Gasteiger partial charge in [0.1, 0.15) is 15.5 Å². The van der Waals surface area contributed by atoms with Crippen LogP contribution >= 0.6 is 11.3 Å². The molecule has 3 aromatic rings. The standard InChI is InChI=1S/C19H20FN3O5S2/c1-10-12(3)29-19-16(10)18(25)22-17(23-19)11(2)28-15(24)8-9-21-30(26,27)14-7-5-4-6-13(14)20/h4-7,11,21H,8-9H2,1-3H3,(H,22,23,25)/t11-/m0/s1. The smallest absolute Gasteiger partial charge is 0.307 e. The Morgan fingerprint density at radius 2 is 2.03 bits per heavy atom. The number of thiophene rings is 1. The van der Waals surface area contributed by atoms with E-state index in [2.05, 4.69) is 14.7 Å². The molecule has 0 saturated heterocycles. The highest BCUT2D eigenvalue weighted by molar-refractivity contribution is 7.89. The number of ether oxygens (including phenoxy) is 1. The van der Waals surface area contributed by atoms with E-state index >= 15 is 0 Å². The van der Waals surface area contributed by atoms with E-state index in [9.17, 15) is 22.4 Å². The van der Waals surface area contributed by atoms with Crippen molar-refractivity contribution in [3.63, 3.8) is 0 Å². The molecule has 2 heterocycles. The molecular formula is C19H20FN3O5S2. The molecule has 0 aliphatic rings. The summed E-state index contributed by atoms with van der Waals surface area (Å²) in [5.74, 6) is -1.38. The molecule has 8 nitrogen and oxygen atoms in total. The van der Waals surface area contributed by atoms with Crippen molar-refractivity contribution in [1.29, 1.82) is 0 Å². The lowest BCUT2D eigenvalue weighted by Gasteiger charge is -2.13. The molecule has 0 bridgehead atoms. The van der Waals surface area contributed by atoms with Crippen LogP contribution < -0.4 is 10.3 Å². The van der Waals surface area contributed by atoms with Gasteiger partial charge in [0.25, 0.3) is 5.56 Å². The number of aromatic nitrogens is 2. The molecule has 3 rings (SSSR count). The summed E-state index contributed by atoms with van der Waals surface area (Å²) < 4.78 is 45.3. The minimum absolute atomic E-state index is 0.203. The van der Waals surface area contributed by atoms with E-state index in [-0.39, 0.29) is 24.3 Å². The summed E-state index contributed by atoms with van der Waals surface area (Å²) >= 11 is 1.38. The number of hydrogen-bond acceptors (Lipinski definition) is 7. The maximum absolute atomic E-state index is 13.7. The molecule has 2 N–H and O–H groups in total. The number of halogens is 1. The highest BCUT2D eigenvalue weighted by atomic mass is 32.2. The molecule has 11 heteroatoms. The van der Waals surface area contributed by atoms with Crippen LogP contribution in [0.25, 0.3) is 10.2 Å². The van der Waals surface area contributed by atoms with Crippen molar-refractivity contribution in [2.24, 2.45) is 0 Å². The molecule has 160 valence electrons. The van der Waals surface area contributed by atoms with E-state index < -0.39 is 32.8 Å². The number of benzene rings is 1. The fraction of sp³-hybridized carbons (Fsp3) is 0.316. The van der Waals surface area contributed by atoms with Crippen LogP contribution in [0.3, 0.4) is 0 Å². The van der Waals surface area contributed by atoms with Gasteiger partial charge in [-0.15, -0.1) is 11.3 Å². The zero-order valence-electron chi connectivity index (χ0n) is 16.5. The van der Waals surface area contributed by atoms with Crippen molar-refractivity contribution in [2.75, 3.05) is 6.54 Å². The van der Waals surface area contributed by atoms with Gasteiger partial charge in [-0.1, -0.05) is 12.1 Å². The van der Waals surface area contributed by atoms with Gasteiger partial charge in [0.15, 0.2) is 11.9 Å². The van der Waals surface area contributed by atoms with E-state index in [1.165, 1.54) is 23.5 Å². The molecule has 0 saturated carbocycles. The van der Waals surface area contributed by atoms with Crippen LogP contribution in [0.2, 0.25) is 0 Å². The summed E-state index contributed by atoms with van der Waals surface area (Å²) in [6.45, 7) is 5.02. The zero-order chi connectivity index (χ0) is 22.1. The summed E-state index contributed by atoms with van der Waals surface area (Å²) in [5.41, 5.74) is 0.555. The topological polar surface area (TPSA) is 118 Å². The molecule has 0 unspecified atom stereocenters. The number of aryl methyl sites for hydroxylation is 2. The van der Waals surface area contributed by atoms with Crippen molar-refractivity contribution in [3.05, 3.63) is 56.7 Å². The Labute approximate surface area is 176 Å². The quantitative estimate of drug-likeness (QED) is 0.531. The Hall–Kier alpha value is -2.63. The number of hydrogen-bond donors (Lipinski definition) is 2. The van der Waals surface area contributed by atoms with Gasteiger partial charge in [0.2, 0.25) is 10.0 Å². The largest absolute Gasteiger partial charge is 0.454 e. The van der Waals surface area contributed by atoms with Crippen molar-refractivity contribution in [1.82, 2.24) is 14.7 Å². The Morgan fingerprint density at radius 3 is 2.73 bits per heavy atom. The highest BCUT2D eigenvalue weighted by Crippen LogP contribution is 2.27. The van der Waals surface area contributed by atoms with Crippen LogP contribution in [-0.4, -0.2) is 30.9 Å². The number of fused-ring (bicyclic) bond motifs is 1. The van der Waals surface area contributed by atoms with Crippen molar-refractivity contribution < 1.29 is 22.3 Å². The van der Waals surface area contributed by atoms with Gasteiger partial charge < -0.3 is 9.72 Å². The molecule has 1 aromatic carbocycles. The number of aromatic amines is 1. The van der Waals surface area contributed by atoms with Gasteiger partial charge in [-0.25, -0.2) is 22.5 Å². The molecule has 0 spiro atoms. The predicted octanol–water partition coefficient (Wildman–Crippen LogP) is 2.71. The monoisotopic (exact) mass is 453 g/mol. The molecule has 30 heavy (non-hydrogen) atoms. The first-order valence-corrected chi connectivity index (χ1v) is 11.3. The van der Waals surface area contributed by atoms with Gasteiger partial charge in [0, 0.05) is 11.4 Å². The Balaban J connectivity index is 1.62. The number of nitrogens with one attached hydrogen (secondary N) is 2. The second kappa shape index (κ2) is 8.62. The van der Waals surface area contributed by atoms with Gasteiger partial charge in [-0.3, -0.25) is 9.59 Å². The summed E-state index contributed by atoms with van der Waals surface area (Å²) in [7, 11) is -4.09. The van der Waals surface area contributed by atoms with Crippen LogP contribution in [0.15, 0.2) is 34.0 Å². The summed E-state index contributed by atoms with van der Waals surface area (Å²) in [6, 6.07) is 4.94. The molecule has 0 amide bonds. The van der Waals surface area contributed by atoms with Crippen LogP contribution in [0, 0.1) is 19.7 Å². The van der Waals surface area contributed by atoms with E-state index in [1.807, 2.05) is 13.8 Å². The first kappa shape index (κ1) is 22.1. The average Bonchev–Trinajstić information content (AvgIpc) is 2.96. The molecule has 0 aliphatic heterocycles. The number of H-pyrrole nitrogens is 1. The summed E-state index contributed by atoms with van der Waals surface area (Å²) in [6.07, 6.45) is -1.11. The summed E-state index contributed by atoms with van der Waals surface area (Å²) in [4.78, 5) is 32.4. The van der Waals surface area contributed by atoms with Crippen LogP contribution in [-0.2, 0) is 19.6 Å². The molecular weight excluding hydrogens is 433 g/mol. The van der Waals surface area contributed by atoms with Crippen molar-refractivity contribution in [2.45, 2.75) is 38.2 Å². The second-order valence-electron chi connectivity index (χ2n) is 6.62. The van der Waals surface area contributed by atoms with E-state index in [1.54, 1.807) is 6.92 Å². The lowest BCUT2D eigenvalue weighted by molar-refractivity contribution is -0.148. The fourth-order valence-corrected chi connectivity index (χ4v) is 4.95. The summed E-state index contributed by atoms with van der Waals surface area (Å²) in [5, 5.41) is 0.516. The van der Waals surface area contributed by atoms with Crippen LogP contribution in [0.5, 0.6) is 0 Å². The maximum atomic E-state index is 13.7. The Morgan fingerprint density at radius 1 is 1.33 bits per heavy atom. The number of carbonyl (C=O) groups excluding carboxylic acids is 1. The van der Waals surface area contributed by atoms with E-state index in [0.29, 0.717) is 10.2 Å². The minimum atomic E-state index is -4.09. The number of esters is 1. The zero-order valence-corrected chi connectivity index (χ0v) is 18.1. The van der Waals surface area contributed by atoms with E-state index in [4.69, 9.17) is 4.74 Å². The minimum Gasteiger partial charge on any atom is -0.454 e. The number of rotatable bonds is 7. The van der Waals surface area contributed by atoms with Crippen LogP contribution in [0.4, 0.5) is 4.39 Å². The van der Waals surface area contributed by atoms with Gasteiger partial charge >= 0.3 is 5.97 Å². The lowest BCUT2D eigenvalue weighted by atomic mass is 10.2. The Bertz CT molecular complexity index is 1270. The molecule has 1 atom stereocenters. The fourth-order valence-electron chi connectivity index (χ4n) is 2.80. The SMILES string of the molecule is Cc1sc2nc([C@H](C)OC(=O)CCNS(=O)(=O)c3ccccc3F)[nH]c(=O)c2c1C. The Kier molecular flexibility index (Phi) is 6.34. The van der Waals surface area contributed by atoms with Gasteiger partial charge in [-0.2, -0.15) is 0 Å². The van der Waals surface area contributed by atoms with Crippen molar-refractivity contribution >= 4 is 37.5 Å². The number of carbonyl (C=O) groups is 1. The van der Waals surface area contributed by atoms with Gasteiger partial charge in [-0.05, 0) is 38.5 Å². The van der Waals surface area contributed by atoms with Gasteiger partial charge in [0.05, 0.1) is 11.8 Å². The maximum Gasteiger partial charge on any atom is 0.307 e. The molecule has 0 radical (unpaired) electrons. The molecule has 2 aromatic heterocycles. The third kappa shape index (κ3) is 4.58. The lowest BCUT2D eigenvalue weighted by Crippen LogP contribution is -2.28. The van der Waals surface area contributed by atoms with Crippen molar-refractivity contribution in [3.8, 4) is 0 Å². The first-order chi connectivity index (χ1) is 14.1. The second-order valence-corrected chi connectivity index (χ2v) is 9.56. The first-order valence-electron chi connectivity index (χ1n) is 9.03. The molecule has 0 aliphatic carbocycles. The van der Waals surface area contributed by atoms with E-state index in [0.717, 1.165) is 22.6 Å². The number of sulfonamides is 1. The number of nitrogens with zero attached hydrogens (tertiary/aromatic N) is 1. The van der Waals surface area contributed by atoms with Crippen LogP contribution in [0.1, 0.15) is 35.7 Å².